The largest absolute Gasteiger partial charge is 0.310 e. The van der Waals surface area contributed by atoms with Crippen LogP contribution in [0.2, 0.25) is 5.02 Å². The van der Waals surface area contributed by atoms with Crippen molar-refractivity contribution in [1.29, 1.82) is 0 Å². The van der Waals surface area contributed by atoms with Crippen LogP contribution in [-0.2, 0) is 6.54 Å². The molecule has 1 unspecified atom stereocenters. The number of benzene rings is 1. The molecule has 0 spiro atoms. The van der Waals surface area contributed by atoms with Gasteiger partial charge in [0, 0.05) is 29.7 Å². The fourth-order valence-electron chi connectivity index (χ4n) is 1.32. The second-order valence-electron chi connectivity index (χ2n) is 4.45. The molecular weight excluding hydrogens is 240 g/mol. The molecular formula is C12H17ClN2O2. The highest BCUT2D eigenvalue weighted by Crippen LogP contribution is 2.22. The predicted octanol–water partition coefficient (Wildman–Crippen LogP) is 3.38. The molecule has 1 aromatic rings. The van der Waals surface area contributed by atoms with Gasteiger partial charge in [-0.25, -0.2) is 0 Å². The summed E-state index contributed by atoms with van der Waals surface area (Å²) in [7, 11) is 0. The van der Waals surface area contributed by atoms with Crippen molar-refractivity contribution in [2.45, 2.75) is 33.4 Å². The highest BCUT2D eigenvalue weighted by atomic mass is 35.5. The number of nitrogens with one attached hydrogen (secondary N) is 1. The van der Waals surface area contributed by atoms with E-state index < -0.39 is 4.92 Å². The molecule has 0 heterocycles. The SMILES string of the molecule is CC(C)C(C)NCc1cc([N+](=O)[O-])ccc1Cl. The molecule has 17 heavy (non-hydrogen) atoms. The number of hydrogen-bond donors (Lipinski definition) is 1. The van der Waals surface area contributed by atoms with Gasteiger partial charge in [-0.05, 0) is 24.5 Å². The Morgan fingerprint density at radius 1 is 1.41 bits per heavy atom. The molecule has 0 saturated heterocycles. The number of halogens is 1. The summed E-state index contributed by atoms with van der Waals surface area (Å²) in [6.07, 6.45) is 0. The second kappa shape index (κ2) is 5.98. The van der Waals surface area contributed by atoms with E-state index in [-0.39, 0.29) is 5.69 Å². The van der Waals surface area contributed by atoms with Crippen LogP contribution >= 0.6 is 11.6 Å². The molecule has 94 valence electrons. The monoisotopic (exact) mass is 256 g/mol. The summed E-state index contributed by atoms with van der Waals surface area (Å²) in [4.78, 5) is 10.2. The fourth-order valence-corrected chi connectivity index (χ4v) is 1.50. The molecule has 0 saturated carbocycles. The van der Waals surface area contributed by atoms with Gasteiger partial charge in [-0.1, -0.05) is 25.4 Å². The summed E-state index contributed by atoms with van der Waals surface area (Å²) in [6, 6.07) is 4.84. The normalized spacial score (nSPS) is 12.8. The van der Waals surface area contributed by atoms with Gasteiger partial charge in [-0.3, -0.25) is 10.1 Å². The van der Waals surface area contributed by atoms with E-state index in [0.717, 1.165) is 5.56 Å². The van der Waals surface area contributed by atoms with Crippen molar-refractivity contribution in [3.8, 4) is 0 Å². The van der Waals surface area contributed by atoms with Crippen LogP contribution in [0.5, 0.6) is 0 Å². The molecule has 0 radical (unpaired) electrons. The quantitative estimate of drug-likeness (QED) is 0.649. The zero-order chi connectivity index (χ0) is 13.0. The number of rotatable bonds is 5. The smallest absolute Gasteiger partial charge is 0.269 e. The Kier molecular flexibility index (Phi) is 4.90. The number of nitro benzene ring substituents is 1. The lowest BCUT2D eigenvalue weighted by molar-refractivity contribution is -0.384. The lowest BCUT2D eigenvalue weighted by atomic mass is 10.1. The van der Waals surface area contributed by atoms with Gasteiger partial charge in [-0.15, -0.1) is 0 Å². The Bertz CT molecular complexity index is 407. The van der Waals surface area contributed by atoms with E-state index in [9.17, 15) is 10.1 Å². The first-order valence-electron chi connectivity index (χ1n) is 5.58. The minimum Gasteiger partial charge on any atom is -0.310 e. The molecule has 4 nitrogen and oxygen atoms in total. The molecule has 0 aliphatic carbocycles. The van der Waals surface area contributed by atoms with Gasteiger partial charge in [0.15, 0.2) is 0 Å². The summed E-state index contributed by atoms with van der Waals surface area (Å²) < 4.78 is 0. The lowest BCUT2D eigenvalue weighted by Gasteiger charge is -2.17. The van der Waals surface area contributed by atoms with Crippen LogP contribution in [0.4, 0.5) is 5.69 Å². The summed E-state index contributed by atoms with van der Waals surface area (Å²) >= 11 is 6.00. The first-order valence-corrected chi connectivity index (χ1v) is 5.95. The molecule has 1 rings (SSSR count). The van der Waals surface area contributed by atoms with Gasteiger partial charge in [-0.2, -0.15) is 0 Å². The van der Waals surface area contributed by atoms with Crippen molar-refractivity contribution in [3.05, 3.63) is 38.9 Å². The summed E-state index contributed by atoms with van der Waals surface area (Å²) in [5, 5.41) is 14.5. The maximum absolute atomic E-state index is 10.7. The van der Waals surface area contributed by atoms with Crippen LogP contribution < -0.4 is 5.32 Å². The Labute approximate surface area is 106 Å². The van der Waals surface area contributed by atoms with Crippen LogP contribution in [0.3, 0.4) is 0 Å². The first kappa shape index (κ1) is 13.9. The summed E-state index contributed by atoms with van der Waals surface area (Å²) in [5.74, 6) is 0.507. The zero-order valence-electron chi connectivity index (χ0n) is 10.2. The van der Waals surface area contributed by atoms with E-state index in [4.69, 9.17) is 11.6 Å². The van der Waals surface area contributed by atoms with Crippen LogP contribution in [0.1, 0.15) is 26.3 Å². The lowest BCUT2D eigenvalue weighted by Crippen LogP contribution is -2.30. The van der Waals surface area contributed by atoms with Gasteiger partial charge in [0.1, 0.15) is 0 Å². The maximum Gasteiger partial charge on any atom is 0.269 e. The number of hydrogen-bond acceptors (Lipinski definition) is 3. The predicted molar refractivity (Wildman–Crippen MR) is 69.2 cm³/mol. The van der Waals surface area contributed by atoms with E-state index in [1.807, 2.05) is 0 Å². The van der Waals surface area contributed by atoms with Crippen molar-refractivity contribution in [3.63, 3.8) is 0 Å². The Morgan fingerprint density at radius 3 is 2.59 bits per heavy atom. The van der Waals surface area contributed by atoms with Crippen molar-refractivity contribution in [2.75, 3.05) is 0 Å². The van der Waals surface area contributed by atoms with E-state index in [0.29, 0.717) is 23.5 Å². The van der Waals surface area contributed by atoms with E-state index >= 15 is 0 Å². The summed E-state index contributed by atoms with van der Waals surface area (Å²) in [6.45, 7) is 6.86. The Morgan fingerprint density at radius 2 is 2.06 bits per heavy atom. The number of nitrogens with zero attached hydrogens (tertiary/aromatic N) is 1. The molecule has 0 aliphatic heterocycles. The zero-order valence-corrected chi connectivity index (χ0v) is 11.0. The molecule has 0 bridgehead atoms. The highest BCUT2D eigenvalue weighted by molar-refractivity contribution is 6.31. The van der Waals surface area contributed by atoms with Gasteiger partial charge in [0.2, 0.25) is 0 Å². The van der Waals surface area contributed by atoms with Crippen molar-refractivity contribution in [1.82, 2.24) is 5.32 Å². The average Bonchev–Trinajstić information content (AvgIpc) is 2.26. The molecule has 0 amide bonds. The first-order chi connectivity index (χ1) is 7.91. The van der Waals surface area contributed by atoms with E-state index in [1.165, 1.54) is 12.1 Å². The standard InChI is InChI=1S/C12H17ClN2O2/c1-8(2)9(3)14-7-10-6-11(15(16)17)4-5-12(10)13/h4-6,8-9,14H,7H2,1-3H3. The maximum atomic E-state index is 10.7. The Hall–Kier alpha value is -1.13. The molecule has 0 fully saturated rings. The van der Waals surface area contributed by atoms with Crippen molar-refractivity contribution in [2.24, 2.45) is 5.92 Å². The Balaban J connectivity index is 2.76. The second-order valence-corrected chi connectivity index (χ2v) is 4.85. The van der Waals surface area contributed by atoms with Gasteiger partial charge >= 0.3 is 0 Å². The third-order valence-electron chi connectivity index (χ3n) is 2.85. The average molecular weight is 257 g/mol. The van der Waals surface area contributed by atoms with Crippen LogP contribution in [0.15, 0.2) is 18.2 Å². The molecule has 5 heteroatoms. The van der Waals surface area contributed by atoms with Gasteiger partial charge in [0.05, 0.1) is 4.92 Å². The van der Waals surface area contributed by atoms with Gasteiger partial charge in [0.25, 0.3) is 5.69 Å². The van der Waals surface area contributed by atoms with Crippen LogP contribution in [-0.4, -0.2) is 11.0 Å². The molecule has 1 atom stereocenters. The molecule has 1 N–H and O–H groups in total. The topological polar surface area (TPSA) is 55.2 Å². The molecule has 0 aromatic heterocycles. The third kappa shape index (κ3) is 3.98. The van der Waals surface area contributed by atoms with Crippen molar-refractivity contribution < 1.29 is 4.92 Å². The van der Waals surface area contributed by atoms with E-state index in [2.05, 4.69) is 26.1 Å². The van der Waals surface area contributed by atoms with Crippen LogP contribution in [0, 0.1) is 16.0 Å². The number of non-ortho nitro benzene ring substituents is 1. The fraction of sp³-hybridized carbons (Fsp3) is 0.500. The number of nitro groups is 1. The minimum absolute atomic E-state index is 0.0726. The van der Waals surface area contributed by atoms with Crippen LogP contribution in [0.25, 0.3) is 0 Å². The minimum atomic E-state index is -0.411. The van der Waals surface area contributed by atoms with Gasteiger partial charge < -0.3 is 5.32 Å². The molecule has 0 aliphatic rings. The third-order valence-corrected chi connectivity index (χ3v) is 3.22. The molecule has 1 aromatic carbocycles. The highest BCUT2D eigenvalue weighted by Gasteiger charge is 2.11. The van der Waals surface area contributed by atoms with Crippen molar-refractivity contribution >= 4 is 17.3 Å². The van der Waals surface area contributed by atoms with E-state index in [1.54, 1.807) is 6.07 Å². The summed E-state index contributed by atoms with van der Waals surface area (Å²) in [5.41, 5.74) is 0.830.